The summed E-state index contributed by atoms with van der Waals surface area (Å²) in [4.78, 5) is 1.47. The predicted molar refractivity (Wildman–Crippen MR) is 92.6 cm³/mol. The van der Waals surface area contributed by atoms with E-state index in [4.69, 9.17) is 4.74 Å². The van der Waals surface area contributed by atoms with E-state index >= 15 is 0 Å². The summed E-state index contributed by atoms with van der Waals surface area (Å²) in [7, 11) is -2.11. The molecule has 124 valence electrons. The molecule has 1 heterocycles. The number of nitrogens with one attached hydrogen (secondary N) is 1. The molecule has 2 aromatic rings. The van der Waals surface area contributed by atoms with E-state index in [0.717, 1.165) is 25.7 Å². The van der Waals surface area contributed by atoms with Gasteiger partial charge in [-0.25, -0.2) is 13.1 Å². The fourth-order valence-corrected chi connectivity index (χ4v) is 5.58. The molecule has 0 unspecified atom stereocenters. The van der Waals surface area contributed by atoms with E-state index in [-0.39, 0.29) is 10.3 Å². The second-order valence-corrected chi connectivity index (χ2v) is 8.62. The summed E-state index contributed by atoms with van der Waals surface area (Å²) in [5.41, 5.74) is -0.0662. The summed E-state index contributed by atoms with van der Waals surface area (Å²) in [6.07, 6.45) is 4.35. The van der Waals surface area contributed by atoms with Gasteiger partial charge >= 0.3 is 0 Å². The van der Waals surface area contributed by atoms with Crippen LogP contribution in [0.1, 0.15) is 30.6 Å². The monoisotopic (exact) mass is 351 g/mol. The second-order valence-electron chi connectivity index (χ2n) is 5.94. The van der Waals surface area contributed by atoms with Gasteiger partial charge < -0.3 is 4.74 Å². The molecule has 23 heavy (non-hydrogen) atoms. The number of para-hydroxylation sites is 1. The molecule has 1 aliphatic carbocycles. The van der Waals surface area contributed by atoms with Crippen molar-refractivity contribution >= 4 is 21.4 Å². The number of methoxy groups -OCH3 is 1. The van der Waals surface area contributed by atoms with Gasteiger partial charge in [0.25, 0.3) is 0 Å². The van der Waals surface area contributed by atoms with E-state index < -0.39 is 10.0 Å². The molecule has 1 fully saturated rings. The molecule has 0 aliphatic heterocycles. The van der Waals surface area contributed by atoms with Crippen molar-refractivity contribution in [1.82, 2.24) is 4.72 Å². The van der Waals surface area contributed by atoms with Crippen LogP contribution in [0.5, 0.6) is 5.75 Å². The van der Waals surface area contributed by atoms with Crippen LogP contribution in [-0.2, 0) is 15.4 Å². The van der Waals surface area contributed by atoms with Crippen molar-refractivity contribution in [1.29, 1.82) is 0 Å². The highest BCUT2D eigenvalue weighted by molar-refractivity contribution is 7.89. The minimum atomic E-state index is -3.59. The summed E-state index contributed by atoms with van der Waals surface area (Å²) in [6, 6.07) is 10.9. The molecule has 1 N–H and O–H groups in total. The number of ether oxygens (including phenoxy) is 1. The largest absolute Gasteiger partial charge is 0.495 e. The fraction of sp³-hybridized carbons (Fsp3) is 0.412. The van der Waals surface area contributed by atoms with E-state index in [1.165, 1.54) is 12.0 Å². The van der Waals surface area contributed by atoms with Gasteiger partial charge in [-0.3, -0.25) is 0 Å². The van der Waals surface area contributed by atoms with Crippen LogP contribution in [0, 0.1) is 0 Å². The van der Waals surface area contributed by atoms with Crippen LogP contribution < -0.4 is 9.46 Å². The normalized spacial score (nSPS) is 17.3. The Morgan fingerprint density at radius 3 is 2.57 bits per heavy atom. The molecule has 3 rings (SSSR count). The fourth-order valence-electron chi connectivity index (χ4n) is 3.29. The van der Waals surface area contributed by atoms with Gasteiger partial charge in [-0.15, -0.1) is 11.3 Å². The van der Waals surface area contributed by atoms with Crippen molar-refractivity contribution in [2.75, 3.05) is 13.7 Å². The van der Waals surface area contributed by atoms with Gasteiger partial charge in [-0.1, -0.05) is 31.0 Å². The summed E-state index contributed by atoms with van der Waals surface area (Å²) < 4.78 is 33.4. The number of rotatable bonds is 6. The second kappa shape index (κ2) is 6.63. The van der Waals surface area contributed by atoms with Crippen LogP contribution in [0.15, 0.2) is 46.7 Å². The summed E-state index contributed by atoms with van der Waals surface area (Å²) in [5, 5.41) is 2.06. The Kier molecular flexibility index (Phi) is 4.75. The minimum Gasteiger partial charge on any atom is -0.495 e. The zero-order chi connectivity index (χ0) is 16.3. The first-order valence-electron chi connectivity index (χ1n) is 7.74. The maximum Gasteiger partial charge on any atom is 0.244 e. The Morgan fingerprint density at radius 1 is 1.17 bits per heavy atom. The molecule has 4 nitrogen and oxygen atoms in total. The van der Waals surface area contributed by atoms with Gasteiger partial charge in [-0.05, 0) is 36.4 Å². The van der Waals surface area contributed by atoms with Gasteiger partial charge in [0, 0.05) is 16.8 Å². The molecular weight excluding hydrogens is 330 g/mol. The third-order valence-corrected chi connectivity index (χ3v) is 7.12. The minimum absolute atomic E-state index is 0.0662. The Bertz CT molecular complexity index is 748. The summed E-state index contributed by atoms with van der Waals surface area (Å²) >= 11 is 1.71. The van der Waals surface area contributed by atoms with E-state index in [1.54, 1.807) is 35.6 Å². The molecule has 1 aromatic heterocycles. The number of hydrogen-bond donors (Lipinski definition) is 1. The van der Waals surface area contributed by atoms with Gasteiger partial charge in [0.15, 0.2) is 0 Å². The molecule has 0 radical (unpaired) electrons. The zero-order valence-electron chi connectivity index (χ0n) is 13.1. The lowest BCUT2D eigenvalue weighted by molar-refractivity contribution is 0.401. The van der Waals surface area contributed by atoms with Crippen LogP contribution in [-0.4, -0.2) is 22.1 Å². The molecule has 0 atom stereocenters. The predicted octanol–water partition coefficient (Wildman–Crippen LogP) is 3.55. The quantitative estimate of drug-likeness (QED) is 0.866. The van der Waals surface area contributed by atoms with E-state index in [2.05, 4.69) is 16.2 Å². The average molecular weight is 351 g/mol. The van der Waals surface area contributed by atoms with Crippen LogP contribution in [0.2, 0.25) is 0 Å². The molecule has 1 aromatic carbocycles. The molecule has 0 amide bonds. The van der Waals surface area contributed by atoms with Crippen molar-refractivity contribution in [2.24, 2.45) is 0 Å². The lowest BCUT2D eigenvalue weighted by atomic mass is 9.85. The number of thiophene rings is 1. The van der Waals surface area contributed by atoms with Crippen LogP contribution in [0.3, 0.4) is 0 Å². The third-order valence-electron chi connectivity index (χ3n) is 4.56. The zero-order valence-corrected chi connectivity index (χ0v) is 14.8. The van der Waals surface area contributed by atoms with Crippen LogP contribution >= 0.6 is 11.3 Å². The van der Waals surface area contributed by atoms with Gasteiger partial charge in [-0.2, -0.15) is 0 Å². The molecule has 6 heteroatoms. The van der Waals surface area contributed by atoms with Gasteiger partial charge in [0.1, 0.15) is 10.6 Å². The van der Waals surface area contributed by atoms with Crippen molar-refractivity contribution in [3.63, 3.8) is 0 Å². The third kappa shape index (κ3) is 3.29. The van der Waals surface area contributed by atoms with Crippen molar-refractivity contribution in [3.05, 3.63) is 46.7 Å². The Hall–Kier alpha value is -1.37. The standard InChI is InChI=1S/C17H21NO3S2/c1-21-14-7-2-3-8-15(14)23(19,20)18-13-17(10-4-5-11-17)16-9-6-12-22-16/h2-3,6-9,12,18H,4-5,10-11,13H2,1H3. The van der Waals surface area contributed by atoms with Crippen LogP contribution in [0.25, 0.3) is 0 Å². The molecule has 1 aliphatic rings. The van der Waals surface area contributed by atoms with E-state index in [1.807, 2.05) is 6.07 Å². The van der Waals surface area contributed by atoms with E-state index in [9.17, 15) is 8.42 Å². The first kappa shape index (κ1) is 16.5. The molecule has 0 bridgehead atoms. The maximum atomic E-state index is 12.7. The van der Waals surface area contributed by atoms with Gasteiger partial charge in [0.2, 0.25) is 10.0 Å². The SMILES string of the molecule is COc1ccccc1S(=O)(=O)NCC1(c2cccs2)CCCC1. The number of hydrogen-bond acceptors (Lipinski definition) is 4. The Balaban J connectivity index is 1.83. The highest BCUT2D eigenvalue weighted by atomic mass is 32.2. The average Bonchev–Trinajstić information content (AvgIpc) is 3.25. The smallest absolute Gasteiger partial charge is 0.244 e. The lowest BCUT2D eigenvalue weighted by Gasteiger charge is -2.28. The highest BCUT2D eigenvalue weighted by Gasteiger charge is 2.37. The van der Waals surface area contributed by atoms with Crippen LogP contribution in [0.4, 0.5) is 0 Å². The highest BCUT2D eigenvalue weighted by Crippen LogP contribution is 2.42. The first-order valence-corrected chi connectivity index (χ1v) is 10.1. The topological polar surface area (TPSA) is 55.4 Å². The first-order chi connectivity index (χ1) is 11.1. The molecule has 1 saturated carbocycles. The molecular formula is C17H21NO3S2. The van der Waals surface area contributed by atoms with Crippen molar-refractivity contribution in [2.45, 2.75) is 36.0 Å². The molecule has 0 saturated heterocycles. The summed E-state index contributed by atoms with van der Waals surface area (Å²) in [5.74, 6) is 0.372. The number of benzene rings is 1. The maximum absolute atomic E-state index is 12.7. The molecule has 0 spiro atoms. The van der Waals surface area contributed by atoms with Gasteiger partial charge in [0.05, 0.1) is 7.11 Å². The lowest BCUT2D eigenvalue weighted by Crippen LogP contribution is -2.38. The summed E-state index contributed by atoms with van der Waals surface area (Å²) in [6.45, 7) is 0.438. The van der Waals surface area contributed by atoms with Crippen molar-refractivity contribution in [3.8, 4) is 5.75 Å². The van der Waals surface area contributed by atoms with E-state index in [0.29, 0.717) is 12.3 Å². The Labute approximate surface area is 141 Å². The Morgan fingerprint density at radius 2 is 1.91 bits per heavy atom. The number of sulfonamides is 1. The van der Waals surface area contributed by atoms with Crippen molar-refractivity contribution < 1.29 is 13.2 Å².